The summed E-state index contributed by atoms with van der Waals surface area (Å²) in [5, 5.41) is 15.4. The van der Waals surface area contributed by atoms with Crippen molar-refractivity contribution in [1.29, 1.82) is 0 Å². The molecular formula is C27H21N3P+. The Balaban J connectivity index is 1.86. The van der Waals surface area contributed by atoms with Crippen LogP contribution in [0.2, 0.25) is 0 Å². The molecule has 2 N–H and O–H groups in total. The zero-order valence-corrected chi connectivity index (χ0v) is 17.8. The molecule has 3 nitrogen and oxygen atoms in total. The molecule has 0 unspecified atom stereocenters. The number of benzene rings is 4. The molecule has 31 heavy (non-hydrogen) atoms. The first kappa shape index (κ1) is 18.1. The average molecular weight is 418 g/mol. The fourth-order valence-corrected chi connectivity index (χ4v) is 9.37. The minimum atomic E-state index is -2.21. The maximum absolute atomic E-state index is 4.40. The van der Waals surface area contributed by atoms with Gasteiger partial charge in [0.05, 0.1) is 17.1 Å². The molecule has 0 aliphatic rings. The maximum Gasteiger partial charge on any atom is 0.145 e. The van der Waals surface area contributed by atoms with Gasteiger partial charge in [-0.3, -0.25) is 5.10 Å². The van der Waals surface area contributed by atoms with E-state index in [0.29, 0.717) is 0 Å². The summed E-state index contributed by atoms with van der Waals surface area (Å²) in [7, 11) is -2.21. The summed E-state index contributed by atoms with van der Waals surface area (Å²) < 4.78 is 0. The number of hydrogen-bond acceptors (Lipinski definition) is 1. The van der Waals surface area contributed by atoms with Crippen LogP contribution in [0, 0.1) is 0 Å². The van der Waals surface area contributed by atoms with E-state index in [1.807, 2.05) is 12.4 Å². The maximum atomic E-state index is 4.40. The van der Waals surface area contributed by atoms with Gasteiger partial charge in [-0.15, -0.1) is 0 Å². The number of hydrogen-bond donors (Lipinski definition) is 2. The SMILES string of the molecule is c1ccc([P+](c2ccccc2)(c2cccc3[nH]ccc23)c2cccc3[nH]ncc23)cc1. The van der Waals surface area contributed by atoms with E-state index >= 15 is 0 Å². The first-order valence-corrected chi connectivity index (χ1v) is 12.2. The van der Waals surface area contributed by atoms with Crippen LogP contribution in [0.5, 0.6) is 0 Å². The Morgan fingerprint density at radius 2 is 1.16 bits per heavy atom. The van der Waals surface area contributed by atoms with Gasteiger partial charge in [-0.2, -0.15) is 5.10 Å². The topological polar surface area (TPSA) is 44.5 Å². The van der Waals surface area contributed by atoms with Crippen LogP contribution in [0.4, 0.5) is 0 Å². The number of H-pyrrole nitrogens is 2. The van der Waals surface area contributed by atoms with Crippen molar-refractivity contribution in [3.8, 4) is 0 Å². The largest absolute Gasteiger partial charge is 0.361 e. The van der Waals surface area contributed by atoms with Crippen molar-refractivity contribution >= 4 is 50.3 Å². The molecule has 0 fully saturated rings. The average Bonchev–Trinajstić information content (AvgIpc) is 3.51. The predicted molar refractivity (Wildman–Crippen MR) is 133 cm³/mol. The van der Waals surface area contributed by atoms with E-state index in [4.69, 9.17) is 0 Å². The lowest BCUT2D eigenvalue weighted by Gasteiger charge is -2.28. The Bertz CT molecular complexity index is 1370. The quantitative estimate of drug-likeness (QED) is 0.402. The van der Waals surface area contributed by atoms with Crippen LogP contribution in [-0.2, 0) is 0 Å². The second-order valence-corrected chi connectivity index (χ2v) is 11.0. The first-order valence-electron chi connectivity index (χ1n) is 10.4. The minimum absolute atomic E-state index is 1.06. The van der Waals surface area contributed by atoms with Gasteiger partial charge in [0.15, 0.2) is 0 Å². The van der Waals surface area contributed by atoms with Crippen LogP contribution < -0.4 is 21.2 Å². The van der Waals surface area contributed by atoms with Crippen molar-refractivity contribution in [3.63, 3.8) is 0 Å². The molecule has 2 aromatic heterocycles. The predicted octanol–water partition coefficient (Wildman–Crippen LogP) is 4.66. The summed E-state index contributed by atoms with van der Waals surface area (Å²) in [6.07, 6.45) is 4.01. The van der Waals surface area contributed by atoms with Crippen LogP contribution >= 0.6 is 7.26 Å². The normalized spacial score (nSPS) is 11.9. The molecule has 2 heterocycles. The molecule has 0 spiro atoms. The molecule has 0 aliphatic carbocycles. The smallest absolute Gasteiger partial charge is 0.145 e. The monoisotopic (exact) mass is 418 g/mol. The molecule has 4 heteroatoms. The summed E-state index contributed by atoms with van der Waals surface area (Å²) >= 11 is 0. The van der Waals surface area contributed by atoms with E-state index in [1.54, 1.807) is 0 Å². The van der Waals surface area contributed by atoms with Crippen molar-refractivity contribution in [1.82, 2.24) is 15.2 Å². The van der Waals surface area contributed by atoms with E-state index in [-0.39, 0.29) is 0 Å². The molecule has 0 radical (unpaired) electrons. The number of fused-ring (bicyclic) bond motifs is 2. The van der Waals surface area contributed by atoms with Crippen molar-refractivity contribution in [2.45, 2.75) is 0 Å². The van der Waals surface area contributed by atoms with Crippen molar-refractivity contribution in [2.75, 3.05) is 0 Å². The van der Waals surface area contributed by atoms with Gasteiger partial charge < -0.3 is 4.98 Å². The van der Waals surface area contributed by atoms with Crippen molar-refractivity contribution in [3.05, 3.63) is 116 Å². The Morgan fingerprint density at radius 1 is 0.548 bits per heavy atom. The van der Waals surface area contributed by atoms with E-state index in [2.05, 4.69) is 118 Å². The third-order valence-corrected chi connectivity index (χ3v) is 10.4. The molecular weight excluding hydrogens is 397 g/mol. The van der Waals surface area contributed by atoms with Gasteiger partial charge in [-0.1, -0.05) is 48.5 Å². The Kier molecular flexibility index (Phi) is 4.22. The van der Waals surface area contributed by atoms with Crippen LogP contribution in [0.3, 0.4) is 0 Å². The summed E-state index contributed by atoms with van der Waals surface area (Å²) in [5.74, 6) is 0. The lowest BCUT2D eigenvalue weighted by molar-refractivity contribution is 1.12. The molecule has 0 saturated carbocycles. The van der Waals surface area contributed by atoms with Gasteiger partial charge in [0.2, 0.25) is 0 Å². The number of aromatic amines is 2. The number of rotatable bonds is 4. The molecule has 148 valence electrons. The zero-order valence-electron chi connectivity index (χ0n) is 16.9. The second-order valence-electron chi connectivity index (χ2n) is 7.67. The highest BCUT2D eigenvalue weighted by Gasteiger charge is 2.50. The van der Waals surface area contributed by atoms with Crippen LogP contribution in [0.25, 0.3) is 21.8 Å². The van der Waals surface area contributed by atoms with E-state index < -0.39 is 7.26 Å². The second kappa shape index (κ2) is 7.23. The summed E-state index contributed by atoms with van der Waals surface area (Å²) in [6, 6.07) is 37.3. The number of aromatic nitrogens is 3. The Hall–Kier alpha value is -3.68. The highest BCUT2D eigenvalue weighted by Crippen LogP contribution is 2.56. The van der Waals surface area contributed by atoms with Gasteiger partial charge in [-0.05, 0) is 54.6 Å². The highest BCUT2D eigenvalue weighted by molar-refractivity contribution is 8.02. The molecule has 6 rings (SSSR count). The molecule has 6 aromatic rings. The third kappa shape index (κ3) is 2.67. The molecule has 0 bridgehead atoms. The minimum Gasteiger partial charge on any atom is -0.361 e. The standard InChI is InChI=1S/C27H21N3P/c1-3-9-20(10-4-1)31(21-11-5-2-6-12-21,26-15-7-13-24-22(26)17-18-28-24)27-16-8-14-25-23(27)19-29-30-25/h1-19,28H,(H,29,30)/q+1. The van der Waals surface area contributed by atoms with E-state index in [9.17, 15) is 0 Å². The summed E-state index contributed by atoms with van der Waals surface area (Å²) in [4.78, 5) is 3.42. The van der Waals surface area contributed by atoms with Gasteiger partial charge in [0.1, 0.15) is 28.5 Å². The van der Waals surface area contributed by atoms with Crippen LogP contribution in [0.1, 0.15) is 0 Å². The Labute approximate surface area is 181 Å². The molecule has 4 aromatic carbocycles. The molecule has 0 saturated heterocycles. The van der Waals surface area contributed by atoms with Gasteiger partial charge in [-0.25, -0.2) is 0 Å². The van der Waals surface area contributed by atoms with E-state index in [0.717, 1.165) is 11.0 Å². The summed E-state index contributed by atoms with van der Waals surface area (Å²) in [5.41, 5.74) is 2.23. The highest BCUT2D eigenvalue weighted by atomic mass is 31.2. The first-order chi connectivity index (χ1) is 15.4. The third-order valence-electron chi connectivity index (χ3n) is 6.04. The Morgan fingerprint density at radius 3 is 1.84 bits per heavy atom. The van der Waals surface area contributed by atoms with Gasteiger partial charge >= 0.3 is 0 Å². The van der Waals surface area contributed by atoms with E-state index in [1.165, 1.54) is 32.0 Å². The lowest BCUT2D eigenvalue weighted by atomic mass is 10.2. The van der Waals surface area contributed by atoms with Crippen molar-refractivity contribution < 1.29 is 0 Å². The van der Waals surface area contributed by atoms with Gasteiger partial charge in [0.25, 0.3) is 0 Å². The zero-order chi connectivity index (χ0) is 20.7. The molecule has 0 aliphatic heterocycles. The van der Waals surface area contributed by atoms with Crippen LogP contribution in [0.15, 0.2) is 116 Å². The fraction of sp³-hybridized carbons (Fsp3) is 0. The molecule has 0 amide bonds. The number of nitrogens with one attached hydrogen (secondary N) is 2. The summed E-state index contributed by atoms with van der Waals surface area (Å²) in [6.45, 7) is 0. The van der Waals surface area contributed by atoms with Gasteiger partial charge in [0, 0.05) is 17.1 Å². The fourth-order valence-electron chi connectivity index (χ4n) is 4.74. The lowest BCUT2D eigenvalue weighted by Crippen LogP contribution is -2.39. The number of nitrogens with zero attached hydrogens (tertiary/aromatic N) is 1. The van der Waals surface area contributed by atoms with Crippen LogP contribution in [-0.4, -0.2) is 15.2 Å². The molecule has 0 atom stereocenters. The van der Waals surface area contributed by atoms with Crippen molar-refractivity contribution in [2.24, 2.45) is 0 Å².